The fourth-order valence-corrected chi connectivity index (χ4v) is 4.13. The molecule has 168 valence electrons. The van der Waals surface area contributed by atoms with Crippen LogP contribution in [0.25, 0.3) is 5.70 Å². The summed E-state index contributed by atoms with van der Waals surface area (Å²) in [4.78, 5) is 0. The zero-order chi connectivity index (χ0) is 23.4. The van der Waals surface area contributed by atoms with E-state index in [1.54, 1.807) is 0 Å². The van der Waals surface area contributed by atoms with E-state index in [0.717, 1.165) is 28.6 Å². The summed E-state index contributed by atoms with van der Waals surface area (Å²) in [5.74, 6) is -1.35. The van der Waals surface area contributed by atoms with Crippen LogP contribution in [0.4, 0.5) is 14.5 Å². The number of anilines is 1. The molecule has 4 aromatic rings. The molecule has 1 heterocycles. The van der Waals surface area contributed by atoms with E-state index in [1.165, 1.54) is 29.3 Å². The molecule has 0 radical (unpaired) electrons. The van der Waals surface area contributed by atoms with Gasteiger partial charge in [0.25, 0.3) is 0 Å². The van der Waals surface area contributed by atoms with Crippen molar-refractivity contribution >= 4 is 27.3 Å². The highest BCUT2D eigenvalue weighted by molar-refractivity contribution is 9.10. The van der Waals surface area contributed by atoms with Crippen molar-refractivity contribution in [2.24, 2.45) is 0 Å². The fourth-order valence-electron chi connectivity index (χ4n) is 3.72. The van der Waals surface area contributed by atoms with Crippen molar-refractivity contribution in [2.45, 2.75) is 26.3 Å². The van der Waals surface area contributed by atoms with E-state index in [4.69, 9.17) is 0 Å². The summed E-state index contributed by atoms with van der Waals surface area (Å²) in [6, 6.07) is 22.3. The molecule has 0 spiro atoms. The van der Waals surface area contributed by atoms with Crippen LogP contribution in [0.2, 0.25) is 0 Å². The van der Waals surface area contributed by atoms with Crippen LogP contribution in [-0.2, 0) is 19.4 Å². The van der Waals surface area contributed by atoms with Crippen molar-refractivity contribution in [2.75, 3.05) is 5.32 Å². The van der Waals surface area contributed by atoms with Crippen LogP contribution >= 0.6 is 15.9 Å². The lowest BCUT2D eigenvalue weighted by Crippen LogP contribution is -2.08. The molecule has 3 nitrogen and oxygen atoms in total. The zero-order valence-electron chi connectivity index (χ0n) is 18.3. The number of hydrogen-bond donors (Lipinski definition) is 1. The lowest BCUT2D eigenvalue weighted by atomic mass is 10.00. The Morgan fingerprint density at radius 2 is 1.67 bits per heavy atom. The molecule has 33 heavy (non-hydrogen) atoms. The van der Waals surface area contributed by atoms with Crippen LogP contribution in [0.3, 0.4) is 0 Å². The molecule has 0 fully saturated rings. The van der Waals surface area contributed by atoms with Gasteiger partial charge in [0.2, 0.25) is 0 Å². The second-order valence-electron chi connectivity index (χ2n) is 7.93. The highest BCUT2D eigenvalue weighted by atomic mass is 79.9. The molecule has 3 aromatic carbocycles. The maximum atomic E-state index is 14.0. The lowest BCUT2D eigenvalue weighted by Gasteiger charge is -2.12. The van der Waals surface area contributed by atoms with E-state index in [2.05, 4.69) is 75.4 Å². The van der Waals surface area contributed by atoms with E-state index in [1.807, 2.05) is 23.7 Å². The molecule has 0 amide bonds. The molecule has 0 aliphatic heterocycles. The van der Waals surface area contributed by atoms with E-state index in [-0.39, 0.29) is 5.69 Å². The SMILES string of the molecule is C=C(Nc1c(F)cccc1F)c1cc(C)n(Cc2cc(Br)ccc2CCc2ccccc2)n1. The second-order valence-corrected chi connectivity index (χ2v) is 8.84. The minimum absolute atomic E-state index is 0.232. The summed E-state index contributed by atoms with van der Waals surface area (Å²) in [6.07, 6.45) is 1.87. The molecule has 0 saturated heterocycles. The topological polar surface area (TPSA) is 29.9 Å². The minimum Gasteiger partial charge on any atom is -0.349 e. The van der Waals surface area contributed by atoms with Gasteiger partial charge in [-0.05, 0) is 66.8 Å². The molecule has 0 aliphatic carbocycles. The number of hydrogen-bond acceptors (Lipinski definition) is 2. The normalized spacial score (nSPS) is 10.9. The van der Waals surface area contributed by atoms with E-state index in [9.17, 15) is 8.78 Å². The number of rotatable bonds is 8. The van der Waals surface area contributed by atoms with Crippen molar-refractivity contribution in [1.82, 2.24) is 9.78 Å². The molecule has 1 N–H and O–H groups in total. The van der Waals surface area contributed by atoms with Crippen molar-refractivity contribution in [1.29, 1.82) is 0 Å². The minimum atomic E-state index is -0.676. The Balaban J connectivity index is 1.53. The summed E-state index contributed by atoms with van der Waals surface area (Å²) >= 11 is 3.58. The Labute approximate surface area is 200 Å². The number of aryl methyl sites for hydroxylation is 3. The molecule has 1 aromatic heterocycles. The zero-order valence-corrected chi connectivity index (χ0v) is 19.9. The second kappa shape index (κ2) is 10.1. The summed E-state index contributed by atoms with van der Waals surface area (Å²) < 4.78 is 30.9. The molecular weight excluding hydrogens is 484 g/mol. The number of aromatic nitrogens is 2. The van der Waals surface area contributed by atoms with Crippen molar-refractivity contribution in [3.05, 3.63) is 124 Å². The van der Waals surface area contributed by atoms with E-state index in [0.29, 0.717) is 17.9 Å². The Kier molecular flexibility index (Phi) is 7.04. The quantitative estimate of drug-likeness (QED) is 0.274. The van der Waals surface area contributed by atoms with Gasteiger partial charge in [-0.3, -0.25) is 4.68 Å². The van der Waals surface area contributed by atoms with Gasteiger partial charge in [0.15, 0.2) is 0 Å². The van der Waals surface area contributed by atoms with Gasteiger partial charge in [-0.2, -0.15) is 5.10 Å². The van der Waals surface area contributed by atoms with Gasteiger partial charge >= 0.3 is 0 Å². The molecular formula is C27H24BrF2N3. The van der Waals surface area contributed by atoms with Crippen LogP contribution in [0.15, 0.2) is 83.8 Å². The van der Waals surface area contributed by atoms with Crippen LogP contribution in [-0.4, -0.2) is 9.78 Å². The number of halogens is 3. The maximum absolute atomic E-state index is 14.0. The maximum Gasteiger partial charge on any atom is 0.149 e. The van der Waals surface area contributed by atoms with Crippen LogP contribution in [0.5, 0.6) is 0 Å². The molecule has 0 saturated carbocycles. The third-order valence-corrected chi connectivity index (χ3v) is 6.04. The smallest absolute Gasteiger partial charge is 0.149 e. The first-order valence-electron chi connectivity index (χ1n) is 10.7. The standard InChI is InChI=1S/C27H24BrF2N3/c1-18-15-26(19(2)31-27-24(29)9-6-10-25(27)30)32-33(18)17-22-16-23(28)14-13-21(22)12-11-20-7-4-3-5-8-20/h3-10,13-16,31H,2,11-12,17H2,1H3. The van der Waals surface area contributed by atoms with Gasteiger partial charge in [0.1, 0.15) is 23.0 Å². The van der Waals surface area contributed by atoms with Crippen LogP contribution in [0.1, 0.15) is 28.1 Å². The first-order valence-corrected chi connectivity index (χ1v) is 11.5. The van der Waals surface area contributed by atoms with Gasteiger partial charge in [-0.15, -0.1) is 0 Å². The lowest BCUT2D eigenvalue weighted by molar-refractivity contribution is 0.591. The molecule has 0 bridgehead atoms. The molecule has 0 atom stereocenters. The molecule has 4 rings (SSSR count). The van der Waals surface area contributed by atoms with Crippen molar-refractivity contribution in [3.8, 4) is 0 Å². The number of nitrogens with one attached hydrogen (secondary N) is 1. The van der Waals surface area contributed by atoms with Crippen LogP contribution in [0, 0.1) is 18.6 Å². The average Bonchev–Trinajstić information content (AvgIpc) is 3.17. The Bertz CT molecular complexity index is 1260. The number of para-hydroxylation sites is 1. The van der Waals surface area contributed by atoms with Gasteiger partial charge < -0.3 is 5.32 Å². The third-order valence-electron chi connectivity index (χ3n) is 5.54. The first kappa shape index (κ1) is 22.9. The fraction of sp³-hybridized carbons (Fsp3) is 0.148. The van der Waals surface area contributed by atoms with Crippen molar-refractivity contribution < 1.29 is 8.78 Å². The summed E-state index contributed by atoms with van der Waals surface area (Å²) in [5, 5.41) is 7.37. The van der Waals surface area contributed by atoms with Crippen molar-refractivity contribution in [3.63, 3.8) is 0 Å². The Morgan fingerprint density at radius 1 is 0.939 bits per heavy atom. The molecule has 0 unspecified atom stereocenters. The molecule has 6 heteroatoms. The highest BCUT2D eigenvalue weighted by Gasteiger charge is 2.14. The van der Waals surface area contributed by atoms with Gasteiger partial charge in [-0.25, -0.2) is 8.78 Å². The largest absolute Gasteiger partial charge is 0.349 e. The summed E-state index contributed by atoms with van der Waals surface area (Å²) in [6.45, 7) is 6.46. The Morgan fingerprint density at radius 3 is 2.39 bits per heavy atom. The average molecular weight is 508 g/mol. The molecule has 0 aliphatic rings. The van der Waals surface area contributed by atoms with Gasteiger partial charge in [0.05, 0.1) is 12.2 Å². The number of nitrogens with zero attached hydrogens (tertiary/aromatic N) is 2. The first-order chi connectivity index (χ1) is 15.9. The third kappa shape index (κ3) is 5.57. The summed E-state index contributed by atoms with van der Waals surface area (Å²) in [7, 11) is 0. The van der Waals surface area contributed by atoms with E-state index >= 15 is 0 Å². The van der Waals surface area contributed by atoms with E-state index < -0.39 is 11.6 Å². The predicted molar refractivity (Wildman–Crippen MR) is 133 cm³/mol. The van der Waals surface area contributed by atoms with Crippen LogP contribution < -0.4 is 5.32 Å². The predicted octanol–water partition coefficient (Wildman–Crippen LogP) is 7.15. The highest BCUT2D eigenvalue weighted by Crippen LogP contribution is 2.24. The van der Waals surface area contributed by atoms with Gasteiger partial charge in [-0.1, -0.05) is 65.0 Å². The number of benzene rings is 3. The summed E-state index contributed by atoms with van der Waals surface area (Å²) in [5.41, 5.74) is 5.28. The van der Waals surface area contributed by atoms with Gasteiger partial charge in [0, 0.05) is 10.2 Å². The Hall–Kier alpha value is -3.25. The monoisotopic (exact) mass is 507 g/mol.